The summed E-state index contributed by atoms with van der Waals surface area (Å²) in [6.07, 6.45) is 12.1. The molecule has 0 aromatic heterocycles. The van der Waals surface area contributed by atoms with Gasteiger partial charge in [-0.05, 0) is 37.5 Å². The smallest absolute Gasteiger partial charge is 0.160 e. The quantitative estimate of drug-likeness (QED) is 0.838. The van der Waals surface area contributed by atoms with Crippen LogP contribution in [0.2, 0.25) is 0 Å². The van der Waals surface area contributed by atoms with Crippen molar-refractivity contribution in [1.29, 1.82) is 0 Å². The number of hydrogen-bond acceptors (Lipinski definition) is 4. The average Bonchev–Trinajstić information content (AvgIpc) is 2.63. The SMILES string of the molecule is OCC1(CO)COC(C2CCC(C3CCCCC3)CC2)OC1. The molecule has 0 unspecified atom stereocenters. The Kier molecular flexibility index (Phi) is 5.77. The Bertz CT molecular complexity index is 318. The van der Waals surface area contributed by atoms with Crippen LogP contribution in [0.3, 0.4) is 0 Å². The van der Waals surface area contributed by atoms with Crippen LogP contribution in [0.25, 0.3) is 0 Å². The van der Waals surface area contributed by atoms with Crippen LogP contribution >= 0.6 is 0 Å². The van der Waals surface area contributed by atoms with E-state index in [2.05, 4.69) is 0 Å². The number of hydrogen-bond donors (Lipinski definition) is 2. The zero-order valence-electron chi connectivity index (χ0n) is 13.7. The molecule has 3 fully saturated rings. The van der Waals surface area contributed by atoms with E-state index in [-0.39, 0.29) is 19.5 Å². The van der Waals surface area contributed by atoms with Crippen molar-refractivity contribution in [1.82, 2.24) is 0 Å². The molecule has 0 bridgehead atoms. The first-order valence-corrected chi connectivity index (χ1v) is 9.21. The molecule has 0 aromatic rings. The minimum Gasteiger partial charge on any atom is -0.396 e. The topological polar surface area (TPSA) is 58.9 Å². The molecular formula is C18H32O4. The maximum Gasteiger partial charge on any atom is 0.160 e. The van der Waals surface area contributed by atoms with E-state index >= 15 is 0 Å². The van der Waals surface area contributed by atoms with Gasteiger partial charge in [-0.3, -0.25) is 0 Å². The van der Waals surface area contributed by atoms with Crippen LogP contribution in [0.15, 0.2) is 0 Å². The summed E-state index contributed by atoms with van der Waals surface area (Å²) in [4.78, 5) is 0. The van der Waals surface area contributed by atoms with Crippen molar-refractivity contribution in [3.63, 3.8) is 0 Å². The lowest BCUT2D eigenvalue weighted by Gasteiger charge is -2.43. The van der Waals surface area contributed by atoms with Gasteiger partial charge in [0.05, 0.1) is 31.8 Å². The summed E-state index contributed by atoms with van der Waals surface area (Å²) in [5.41, 5.74) is -0.601. The highest BCUT2D eigenvalue weighted by atomic mass is 16.7. The largest absolute Gasteiger partial charge is 0.396 e. The van der Waals surface area contributed by atoms with Gasteiger partial charge in [0.15, 0.2) is 6.29 Å². The molecule has 2 N–H and O–H groups in total. The first kappa shape index (κ1) is 16.7. The molecule has 1 saturated heterocycles. The van der Waals surface area contributed by atoms with Crippen LogP contribution in [0.5, 0.6) is 0 Å². The molecular weight excluding hydrogens is 280 g/mol. The molecule has 4 heteroatoms. The van der Waals surface area contributed by atoms with Crippen molar-refractivity contribution >= 4 is 0 Å². The fraction of sp³-hybridized carbons (Fsp3) is 1.00. The van der Waals surface area contributed by atoms with Gasteiger partial charge in [0.25, 0.3) is 0 Å². The summed E-state index contributed by atoms with van der Waals surface area (Å²) in [6, 6.07) is 0. The first-order chi connectivity index (χ1) is 10.8. The third-order valence-electron chi connectivity index (χ3n) is 6.30. The van der Waals surface area contributed by atoms with E-state index in [0.29, 0.717) is 19.1 Å². The molecule has 4 nitrogen and oxygen atoms in total. The second-order valence-electron chi connectivity index (χ2n) is 7.88. The maximum absolute atomic E-state index is 9.40. The molecule has 0 spiro atoms. The monoisotopic (exact) mass is 312 g/mol. The Labute approximate surface area is 134 Å². The van der Waals surface area contributed by atoms with Crippen LogP contribution in [0.4, 0.5) is 0 Å². The van der Waals surface area contributed by atoms with Gasteiger partial charge in [-0.1, -0.05) is 32.1 Å². The van der Waals surface area contributed by atoms with Gasteiger partial charge in [0.2, 0.25) is 0 Å². The third-order valence-corrected chi connectivity index (χ3v) is 6.30. The van der Waals surface area contributed by atoms with Crippen molar-refractivity contribution in [2.75, 3.05) is 26.4 Å². The molecule has 128 valence electrons. The zero-order valence-corrected chi connectivity index (χ0v) is 13.7. The zero-order chi connectivity index (χ0) is 15.4. The lowest BCUT2D eigenvalue weighted by molar-refractivity contribution is -0.266. The second-order valence-corrected chi connectivity index (χ2v) is 7.88. The second kappa shape index (κ2) is 7.61. The Morgan fingerprint density at radius 1 is 0.682 bits per heavy atom. The predicted molar refractivity (Wildman–Crippen MR) is 84.3 cm³/mol. The Morgan fingerprint density at radius 2 is 1.18 bits per heavy atom. The van der Waals surface area contributed by atoms with Gasteiger partial charge < -0.3 is 19.7 Å². The van der Waals surface area contributed by atoms with Crippen molar-refractivity contribution < 1.29 is 19.7 Å². The van der Waals surface area contributed by atoms with Crippen molar-refractivity contribution in [2.45, 2.75) is 64.1 Å². The average molecular weight is 312 g/mol. The Hall–Kier alpha value is -0.160. The van der Waals surface area contributed by atoms with E-state index in [1.54, 1.807) is 0 Å². The summed E-state index contributed by atoms with van der Waals surface area (Å²) in [5.74, 6) is 2.39. The van der Waals surface area contributed by atoms with E-state index in [9.17, 15) is 10.2 Å². The van der Waals surface area contributed by atoms with Gasteiger partial charge in [-0.25, -0.2) is 0 Å². The van der Waals surface area contributed by atoms with Crippen LogP contribution in [-0.2, 0) is 9.47 Å². The Balaban J connectivity index is 1.44. The minimum absolute atomic E-state index is 0.0787. The summed E-state index contributed by atoms with van der Waals surface area (Å²) in [7, 11) is 0. The predicted octanol–water partition coefficient (Wildman–Crippen LogP) is 2.72. The Morgan fingerprint density at radius 3 is 1.73 bits per heavy atom. The van der Waals surface area contributed by atoms with Gasteiger partial charge in [-0.2, -0.15) is 0 Å². The summed E-state index contributed by atoms with van der Waals surface area (Å²) in [6.45, 7) is 0.662. The molecule has 3 aliphatic rings. The van der Waals surface area contributed by atoms with E-state index in [1.807, 2.05) is 0 Å². The normalized spacial score (nSPS) is 34.6. The summed E-state index contributed by atoms with van der Waals surface area (Å²) < 4.78 is 11.7. The molecule has 3 rings (SSSR count). The highest BCUT2D eigenvalue weighted by Crippen LogP contribution is 2.42. The summed E-state index contributed by atoms with van der Waals surface area (Å²) >= 11 is 0. The van der Waals surface area contributed by atoms with E-state index in [4.69, 9.17) is 9.47 Å². The van der Waals surface area contributed by atoms with Crippen molar-refractivity contribution in [3.05, 3.63) is 0 Å². The van der Waals surface area contributed by atoms with Crippen LogP contribution in [0.1, 0.15) is 57.8 Å². The highest BCUT2D eigenvalue weighted by molar-refractivity contribution is 4.85. The van der Waals surface area contributed by atoms with Crippen molar-refractivity contribution in [2.24, 2.45) is 23.2 Å². The molecule has 0 amide bonds. The molecule has 2 aliphatic carbocycles. The van der Waals surface area contributed by atoms with Gasteiger partial charge in [-0.15, -0.1) is 0 Å². The highest BCUT2D eigenvalue weighted by Gasteiger charge is 2.40. The number of aliphatic hydroxyl groups is 2. The third kappa shape index (κ3) is 3.66. The van der Waals surface area contributed by atoms with Crippen LogP contribution in [0, 0.1) is 23.2 Å². The molecule has 0 aromatic carbocycles. The molecule has 22 heavy (non-hydrogen) atoms. The number of rotatable bonds is 4. The van der Waals surface area contributed by atoms with Gasteiger partial charge in [0, 0.05) is 5.92 Å². The molecule has 0 atom stereocenters. The molecule has 2 saturated carbocycles. The fourth-order valence-corrected chi connectivity index (χ4v) is 4.61. The molecule has 1 aliphatic heterocycles. The van der Waals surface area contributed by atoms with E-state index in [0.717, 1.165) is 11.8 Å². The summed E-state index contributed by atoms with van der Waals surface area (Å²) in [5, 5.41) is 18.8. The maximum atomic E-state index is 9.40. The van der Waals surface area contributed by atoms with E-state index < -0.39 is 5.41 Å². The lowest BCUT2D eigenvalue weighted by atomic mass is 9.71. The van der Waals surface area contributed by atoms with Crippen LogP contribution < -0.4 is 0 Å². The van der Waals surface area contributed by atoms with Gasteiger partial charge in [0.1, 0.15) is 0 Å². The van der Waals surface area contributed by atoms with E-state index in [1.165, 1.54) is 57.8 Å². The first-order valence-electron chi connectivity index (χ1n) is 9.21. The lowest BCUT2D eigenvalue weighted by Crippen LogP contribution is -2.49. The standard InChI is InChI=1S/C18H32O4/c19-10-18(11-20)12-21-17(22-13-18)16-8-6-15(7-9-16)14-4-2-1-3-5-14/h14-17,19-20H,1-13H2. The van der Waals surface area contributed by atoms with Gasteiger partial charge >= 0.3 is 0 Å². The minimum atomic E-state index is -0.601. The number of ether oxygens (including phenoxy) is 2. The number of aliphatic hydroxyl groups excluding tert-OH is 2. The van der Waals surface area contributed by atoms with Crippen LogP contribution in [-0.4, -0.2) is 42.9 Å². The van der Waals surface area contributed by atoms with Crippen molar-refractivity contribution in [3.8, 4) is 0 Å². The molecule has 0 radical (unpaired) electrons. The molecule has 1 heterocycles. The fourth-order valence-electron chi connectivity index (χ4n) is 4.61.